The van der Waals surface area contributed by atoms with Crippen LogP contribution >= 0.6 is 39.1 Å². The van der Waals surface area contributed by atoms with Crippen LogP contribution in [0, 0.1) is 6.92 Å². The monoisotopic (exact) mass is 361 g/mol. The molecule has 1 aromatic carbocycles. The molecule has 19 heavy (non-hydrogen) atoms. The topological polar surface area (TPSA) is 43.8 Å². The van der Waals surface area contributed by atoms with Crippen LogP contribution in [0.1, 0.15) is 22.9 Å². The molecule has 0 fully saturated rings. The number of nitrogens with two attached hydrogens (primary N) is 1. The number of nitrogens with zero attached hydrogens (tertiary/aromatic N) is 2. The normalized spacial score (nSPS) is 12.7. The summed E-state index contributed by atoms with van der Waals surface area (Å²) >= 11 is 15.9. The molecule has 102 valence electrons. The first-order chi connectivity index (χ1) is 8.91. The van der Waals surface area contributed by atoms with Crippen molar-refractivity contribution in [1.29, 1.82) is 0 Å². The minimum absolute atomic E-state index is 0.217. The Kier molecular flexibility index (Phi) is 4.56. The fraction of sp³-hybridized carbons (Fsp3) is 0.308. The van der Waals surface area contributed by atoms with Crippen LogP contribution in [0.25, 0.3) is 0 Å². The Morgan fingerprint density at radius 1 is 1.42 bits per heavy atom. The highest BCUT2D eigenvalue weighted by Gasteiger charge is 2.18. The molecule has 0 aliphatic rings. The molecule has 3 nitrogen and oxygen atoms in total. The van der Waals surface area contributed by atoms with Crippen LogP contribution in [-0.2, 0) is 13.5 Å². The number of hydrogen-bond donors (Lipinski definition) is 1. The first-order valence-corrected chi connectivity index (χ1v) is 7.34. The second-order valence-corrected chi connectivity index (χ2v) is 6.02. The van der Waals surface area contributed by atoms with Crippen LogP contribution < -0.4 is 5.73 Å². The Morgan fingerprint density at radius 2 is 2.11 bits per heavy atom. The minimum atomic E-state index is -0.217. The van der Waals surface area contributed by atoms with Crippen molar-refractivity contribution < 1.29 is 0 Å². The third-order valence-corrected chi connectivity index (χ3v) is 4.86. The predicted molar refractivity (Wildman–Crippen MR) is 82.7 cm³/mol. The van der Waals surface area contributed by atoms with Gasteiger partial charge in [-0.3, -0.25) is 4.68 Å². The van der Waals surface area contributed by atoms with Crippen LogP contribution in [0.15, 0.2) is 22.7 Å². The quantitative estimate of drug-likeness (QED) is 0.895. The zero-order valence-corrected chi connectivity index (χ0v) is 13.7. The van der Waals surface area contributed by atoms with Gasteiger partial charge in [0.05, 0.1) is 10.7 Å². The summed E-state index contributed by atoms with van der Waals surface area (Å²) < 4.78 is 2.50. The lowest BCUT2D eigenvalue weighted by atomic mass is 10.0. The molecule has 0 saturated heterocycles. The van der Waals surface area contributed by atoms with Gasteiger partial charge in [0.25, 0.3) is 0 Å². The van der Waals surface area contributed by atoms with Gasteiger partial charge in [-0.2, -0.15) is 5.10 Å². The summed E-state index contributed by atoms with van der Waals surface area (Å²) in [5, 5.41) is 5.55. The Bertz CT molecular complexity index is 610. The summed E-state index contributed by atoms with van der Waals surface area (Å²) in [5.74, 6) is 0. The molecule has 0 aliphatic carbocycles. The van der Waals surface area contributed by atoms with Crippen LogP contribution in [0.3, 0.4) is 0 Å². The van der Waals surface area contributed by atoms with Crippen molar-refractivity contribution in [3.8, 4) is 0 Å². The number of aryl methyl sites for hydroxylation is 2. The molecular weight excluding hydrogens is 349 g/mol. The van der Waals surface area contributed by atoms with Gasteiger partial charge in [0, 0.05) is 23.1 Å². The summed E-state index contributed by atoms with van der Waals surface area (Å²) in [6.07, 6.45) is 0.606. The van der Waals surface area contributed by atoms with Crippen molar-refractivity contribution in [2.24, 2.45) is 12.8 Å². The van der Waals surface area contributed by atoms with E-state index in [-0.39, 0.29) is 6.04 Å². The molecule has 1 aromatic heterocycles. The van der Waals surface area contributed by atoms with E-state index >= 15 is 0 Å². The molecule has 6 heteroatoms. The van der Waals surface area contributed by atoms with Gasteiger partial charge in [0.2, 0.25) is 0 Å². The molecule has 0 amide bonds. The van der Waals surface area contributed by atoms with Gasteiger partial charge in [-0.1, -0.05) is 35.3 Å². The third kappa shape index (κ3) is 2.97. The van der Waals surface area contributed by atoms with Gasteiger partial charge in [-0.15, -0.1) is 0 Å². The molecule has 1 unspecified atom stereocenters. The van der Waals surface area contributed by atoms with E-state index in [9.17, 15) is 0 Å². The minimum Gasteiger partial charge on any atom is -0.324 e. The van der Waals surface area contributed by atoms with E-state index in [1.165, 1.54) is 0 Å². The molecule has 2 rings (SSSR count). The van der Waals surface area contributed by atoms with Gasteiger partial charge in [0.15, 0.2) is 0 Å². The highest BCUT2D eigenvalue weighted by Crippen LogP contribution is 2.32. The van der Waals surface area contributed by atoms with Gasteiger partial charge in [-0.05, 0) is 40.9 Å². The zero-order chi connectivity index (χ0) is 14.2. The van der Waals surface area contributed by atoms with Crippen molar-refractivity contribution in [2.75, 3.05) is 0 Å². The Labute approximate surface area is 130 Å². The van der Waals surface area contributed by atoms with Crippen molar-refractivity contribution in [2.45, 2.75) is 19.4 Å². The van der Waals surface area contributed by atoms with Crippen LogP contribution in [0.2, 0.25) is 10.2 Å². The first kappa shape index (κ1) is 14.9. The van der Waals surface area contributed by atoms with Gasteiger partial charge in [-0.25, -0.2) is 0 Å². The molecule has 0 spiro atoms. The SMILES string of the molecule is Cc1nn(C)c(Cl)c1CC(N)c1cccc(Br)c1Cl. The number of benzene rings is 1. The zero-order valence-electron chi connectivity index (χ0n) is 10.6. The Balaban J connectivity index is 2.31. The van der Waals surface area contributed by atoms with E-state index < -0.39 is 0 Å². The maximum atomic E-state index is 6.26. The van der Waals surface area contributed by atoms with Gasteiger partial charge in [0.1, 0.15) is 5.15 Å². The van der Waals surface area contributed by atoms with Crippen molar-refractivity contribution in [1.82, 2.24) is 9.78 Å². The molecule has 0 radical (unpaired) electrons. The second kappa shape index (κ2) is 5.83. The van der Waals surface area contributed by atoms with Crippen molar-refractivity contribution >= 4 is 39.1 Å². The van der Waals surface area contributed by atoms with Crippen molar-refractivity contribution in [3.63, 3.8) is 0 Å². The largest absolute Gasteiger partial charge is 0.324 e. The summed E-state index contributed by atoms with van der Waals surface area (Å²) in [5.41, 5.74) is 9.00. The van der Waals surface area contributed by atoms with E-state index in [1.807, 2.05) is 32.2 Å². The van der Waals surface area contributed by atoms with Gasteiger partial charge < -0.3 is 5.73 Å². The fourth-order valence-corrected chi connectivity index (χ4v) is 2.94. The van der Waals surface area contributed by atoms with Gasteiger partial charge >= 0.3 is 0 Å². The molecular formula is C13H14BrCl2N3. The van der Waals surface area contributed by atoms with E-state index in [2.05, 4.69) is 21.0 Å². The lowest BCUT2D eigenvalue weighted by Gasteiger charge is -2.14. The van der Waals surface area contributed by atoms with Crippen molar-refractivity contribution in [3.05, 3.63) is 49.7 Å². The highest BCUT2D eigenvalue weighted by atomic mass is 79.9. The number of hydrogen-bond acceptors (Lipinski definition) is 2. The van der Waals surface area contributed by atoms with E-state index in [4.69, 9.17) is 28.9 Å². The highest BCUT2D eigenvalue weighted by molar-refractivity contribution is 9.10. The lowest BCUT2D eigenvalue weighted by molar-refractivity contribution is 0.718. The van der Waals surface area contributed by atoms with Crippen LogP contribution in [0.5, 0.6) is 0 Å². The summed E-state index contributed by atoms with van der Waals surface area (Å²) in [6.45, 7) is 1.93. The predicted octanol–water partition coefficient (Wildman–Crippen LogP) is 4.04. The molecule has 0 bridgehead atoms. The second-order valence-electron chi connectivity index (χ2n) is 4.43. The summed E-state index contributed by atoms with van der Waals surface area (Å²) in [4.78, 5) is 0. The van der Waals surface area contributed by atoms with Crippen LogP contribution in [0.4, 0.5) is 0 Å². The smallest absolute Gasteiger partial charge is 0.130 e. The molecule has 0 saturated carbocycles. The number of halogens is 3. The molecule has 1 heterocycles. The van der Waals surface area contributed by atoms with E-state index in [0.29, 0.717) is 16.6 Å². The fourth-order valence-electron chi connectivity index (χ4n) is 2.04. The van der Waals surface area contributed by atoms with Crippen LogP contribution in [-0.4, -0.2) is 9.78 Å². The molecule has 2 N–H and O–H groups in total. The average molecular weight is 363 g/mol. The molecule has 0 aliphatic heterocycles. The summed E-state index contributed by atoms with van der Waals surface area (Å²) in [7, 11) is 1.82. The molecule has 2 aromatic rings. The number of aromatic nitrogens is 2. The van der Waals surface area contributed by atoms with E-state index in [1.54, 1.807) is 4.68 Å². The number of rotatable bonds is 3. The first-order valence-electron chi connectivity index (χ1n) is 5.79. The Hall–Kier alpha value is -0.550. The maximum Gasteiger partial charge on any atom is 0.130 e. The van der Waals surface area contributed by atoms with E-state index in [0.717, 1.165) is 21.3 Å². The lowest BCUT2D eigenvalue weighted by Crippen LogP contribution is -2.14. The Morgan fingerprint density at radius 3 is 2.68 bits per heavy atom. The standard InChI is InChI=1S/C13H14BrCl2N3/c1-7-9(13(16)19(2)18-7)6-11(17)8-4-3-5-10(14)12(8)15/h3-5,11H,6,17H2,1-2H3. The summed E-state index contributed by atoms with van der Waals surface area (Å²) in [6, 6.07) is 5.52. The maximum absolute atomic E-state index is 6.26. The third-order valence-electron chi connectivity index (χ3n) is 3.07. The molecule has 1 atom stereocenters. The average Bonchev–Trinajstić information content (AvgIpc) is 2.59.